The third-order valence-corrected chi connectivity index (χ3v) is 6.11. The summed E-state index contributed by atoms with van der Waals surface area (Å²) in [7, 11) is 0. The van der Waals surface area contributed by atoms with Crippen LogP contribution < -0.4 is 5.32 Å². The van der Waals surface area contributed by atoms with E-state index in [4.69, 9.17) is 11.6 Å². The molecular formula is C25H33ClN2O2S. The van der Waals surface area contributed by atoms with Crippen LogP contribution in [0.5, 0.6) is 0 Å². The number of nitrogens with one attached hydrogen (secondary N) is 1. The molecule has 0 spiro atoms. The van der Waals surface area contributed by atoms with E-state index in [0.29, 0.717) is 42.0 Å². The molecule has 4 nitrogen and oxygen atoms in total. The normalized spacial score (nSPS) is 11.9. The van der Waals surface area contributed by atoms with E-state index in [2.05, 4.69) is 25.2 Å². The lowest BCUT2D eigenvalue weighted by Crippen LogP contribution is -2.50. The summed E-state index contributed by atoms with van der Waals surface area (Å²) in [4.78, 5) is 27.9. The number of amides is 2. The highest BCUT2D eigenvalue weighted by Crippen LogP contribution is 2.19. The van der Waals surface area contributed by atoms with Crippen LogP contribution in [0.1, 0.15) is 43.9 Å². The van der Waals surface area contributed by atoms with Gasteiger partial charge in [-0.1, -0.05) is 74.3 Å². The Morgan fingerprint density at radius 2 is 1.81 bits per heavy atom. The molecule has 2 aromatic carbocycles. The van der Waals surface area contributed by atoms with Crippen LogP contribution in [0.2, 0.25) is 5.02 Å². The molecule has 0 saturated carbocycles. The van der Waals surface area contributed by atoms with Gasteiger partial charge in [-0.25, -0.2) is 0 Å². The van der Waals surface area contributed by atoms with Crippen molar-refractivity contribution >= 4 is 35.2 Å². The highest BCUT2D eigenvalue weighted by molar-refractivity contribution is 7.99. The van der Waals surface area contributed by atoms with Crippen molar-refractivity contribution < 1.29 is 9.59 Å². The molecule has 1 N–H and O–H groups in total. The van der Waals surface area contributed by atoms with Crippen molar-refractivity contribution in [1.82, 2.24) is 10.2 Å². The van der Waals surface area contributed by atoms with Crippen LogP contribution in [0.4, 0.5) is 0 Å². The molecule has 0 fully saturated rings. The molecule has 168 valence electrons. The van der Waals surface area contributed by atoms with Gasteiger partial charge in [0.1, 0.15) is 6.04 Å². The summed E-state index contributed by atoms with van der Waals surface area (Å²) in [6, 6.07) is 15.3. The first-order valence-corrected chi connectivity index (χ1v) is 12.3. The first-order valence-electron chi connectivity index (χ1n) is 10.7. The molecule has 0 saturated heterocycles. The Hall–Kier alpha value is -1.98. The van der Waals surface area contributed by atoms with E-state index in [1.807, 2.05) is 56.3 Å². The molecule has 0 aliphatic heterocycles. The van der Waals surface area contributed by atoms with Crippen molar-refractivity contribution in [2.45, 2.75) is 52.5 Å². The van der Waals surface area contributed by atoms with Gasteiger partial charge in [0.05, 0.1) is 5.75 Å². The van der Waals surface area contributed by atoms with E-state index < -0.39 is 6.04 Å². The van der Waals surface area contributed by atoms with E-state index in [1.165, 1.54) is 0 Å². The number of nitrogens with zero attached hydrogens (tertiary/aromatic N) is 1. The van der Waals surface area contributed by atoms with Crippen molar-refractivity contribution in [2.24, 2.45) is 5.92 Å². The molecule has 2 amide bonds. The van der Waals surface area contributed by atoms with Crippen LogP contribution in [0, 0.1) is 12.8 Å². The highest BCUT2D eigenvalue weighted by Gasteiger charge is 2.28. The van der Waals surface area contributed by atoms with Gasteiger partial charge in [-0.2, -0.15) is 0 Å². The number of thioether (sulfide) groups is 1. The van der Waals surface area contributed by atoms with E-state index in [9.17, 15) is 9.59 Å². The van der Waals surface area contributed by atoms with E-state index in [1.54, 1.807) is 16.7 Å². The molecule has 0 aliphatic carbocycles. The second-order valence-electron chi connectivity index (χ2n) is 8.20. The maximum atomic E-state index is 13.2. The van der Waals surface area contributed by atoms with Gasteiger partial charge in [-0.3, -0.25) is 9.59 Å². The Morgan fingerprint density at radius 1 is 1.10 bits per heavy atom. The number of hydrogen-bond donors (Lipinski definition) is 1. The van der Waals surface area contributed by atoms with Crippen LogP contribution >= 0.6 is 23.4 Å². The summed E-state index contributed by atoms with van der Waals surface area (Å²) in [5, 5.41) is 3.69. The Labute approximate surface area is 195 Å². The second-order valence-corrected chi connectivity index (χ2v) is 9.62. The van der Waals surface area contributed by atoms with Crippen LogP contribution in [0.3, 0.4) is 0 Å². The zero-order valence-corrected chi connectivity index (χ0v) is 20.4. The van der Waals surface area contributed by atoms with Gasteiger partial charge in [0.2, 0.25) is 11.8 Å². The van der Waals surface area contributed by atoms with Crippen LogP contribution in [0.15, 0.2) is 48.5 Å². The maximum Gasteiger partial charge on any atom is 0.242 e. The van der Waals surface area contributed by atoms with Crippen molar-refractivity contribution in [1.29, 1.82) is 0 Å². The number of hydrogen-bond acceptors (Lipinski definition) is 3. The quantitative estimate of drug-likeness (QED) is 0.484. The predicted molar refractivity (Wildman–Crippen MR) is 131 cm³/mol. The van der Waals surface area contributed by atoms with Crippen molar-refractivity contribution in [3.05, 3.63) is 70.2 Å². The minimum Gasteiger partial charge on any atom is -0.354 e. The third-order valence-electron chi connectivity index (χ3n) is 4.89. The van der Waals surface area contributed by atoms with Crippen molar-refractivity contribution in [2.75, 3.05) is 12.3 Å². The second kappa shape index (κ2) is 12.8. The zero-order chi connectivity index (χ0) is 22.8. The minimum absolute atomic E-state index is 0.0277. The molecule has 0 radical (unpaired) electrons. The molecular weight excluding hydrogens is 428 g/mol. The van der Waals surface area contributed by atoms with Crippen molar-refractivity contribution in [3.63, 3.8) is 0 Å². The summed E-state index contributed by atoms with van der Waals surface area (Å²) < 4.78 is 0. The van der Waals surface area contributed by atoms with Gasteiger partial charge in [0, 0.05) is 23.9 Å². The topological polar surface area (TPSA) is 49.4 Å². The molecule has 31 heavy (non-hydrogen) atoms. The Bertz CT molecular complexity index is 872. The van der Waals surface area contributed by atoms with Gasteiger partial charge in [0.25, 0.3) is 0 Å². The third kappa shape index (κ3) is 8.58. The Morgan fingerprint density at radius 3 is 2.45 bits per heavy atom. The molecule has 0 aromatic heterocycles. The lowest BCUT2D eigenvalue weighted by atomic mass is 10.1. The number of carbonyl (C=O) groups excluding carboxylic acids is 2. The average molecular weight is 461 g/mol. The lowest BCUT2D eigenvalue weighted by Gasteiger charge is -2.31. The zero-order valence-electron chi connectivity index (χ0n) is 18.9. The molecule has 1 atom stereocenters. The summed E-state index contributed by atoms with van der Waals surface area (Å²) in [5.74, 6) is 1.25. The van der Waals surface area contributed by atoms with E-state index in [0.717, 1.165) is 16.7 Å². The molecule has 6 heteroatoms. The van der Waals surface area contributed by atoms with Gasteiger partial charge in [-0.15, -0.1) is 11.8 Å². The largest absolute Gasteiger partial charge is 0.354 e. The lowest BCUT2D eigenvalue weighted by molar-refractivity contribution is -0.139. The van der Waals surface area contributed by atoms with Crippen LogP contribution in [-0.4, -0.2) is 35.1 Å². The standard InChI is InChI=1S/C25H33ClN2O2S/c1-5-23(25(30)27-14-18(2)3)28(15-20-9-6-8-19(4)12-20)24(29)17-31-16-21-10-7-11-22(26)13-21/h6-13,18,23H,5,14-17H2,1-4H3,(H,27,30)/t23-/m1/s1. The van der Waals surface area contributed by atoms with Crippen LogP contribution in [0.25, 0.3) is 0 Å². The van der Waals surface area contributed by atoms with Gasteiger partial charge < -0.3 is 10.2 Å². The first kappa shape index (κ1) is 25.3. The number of rotatable bonds is 11. The molecule has 0 unspecified atom stereocenters. The van der Waals surface area contributed by atoms with E-state index >= 15 is 0 Å². The molecule has 0 aliphatic rings. The molecule has 0 heterocycles. The summed E-state index contributed by atoms with van der Waals surface area (Å²) >= 11 is 7.60. The first-order chi connectivity index (χ1) is 14.8. The molecule has 2 rings (SSSR count). The molecule has 2 aromatic rings. The van der Waals surface area contributed by atoms with Crippen LogP contribution in [-0.2, 0) is 21.9 Å². The summed E-state index contributed by atoms with van der Waals surface area (Å²) in [6.45, 7) is 9.13. The predicted octanol–water partition coefficient (Wildman–Crippen LogP) is 5.46. The monoisotopic (exact) mass is 460 g/mol. The number of halogens is 1. The number of aryl methyl sites for hydroxylation is 1. The summed E-state index contributed by atoms with van der Waals surface area (Å²) in [6.07, 6.45) is 0.570. The average Bonchev–Trinajstić information content (AvgIpc) is 2.72. The minimum atomic E-state index is -0.487. The Kier molecular flexibility index (Phi) is 10.4. The summed E-state index contributed by atoms with van der Waals surface area (Å²) in [5.41, 5.74) is 3.25. The highest BCUT2D eigenvalue weighted by atomic mass is 35.5. The fourth-order valence-electron chi connectivity index (χ4n) is 3.32. The van der Waals surface area contributed by atoms with Crippen molar-refractivity contribution in [3.8, 4) is 0 Å². The van der Waals surface area contributed by atoms with E-state index in [-0.39, 0.29) is 11.8 Å². The fraction of sp³-hybridized carbons (Fsp3) is 0.440. The number of benzene rings is 2. The Balaban J connectivity index is 2.12. The fourth-order valence-corrected chi connectivity index (χ4v) is 4.39. The number of carbonyl (C=O) groups is 2. The van der Waals surface area contributed by atoms with Gasteiger partial charge in [-0.05, 0) is 42.5 Å². The maximum absolute atomic E-state index is 13.2. The van der Waals surface area contributed by atoms with Gasteiger partial charge >= 0.3 is 0 Å². The SMILES string of the molecule is CC[C@H](C(=O)NCC(C)C)N(Cc1cccc(C)c1)C(=O)CSCc1cccc(Cl)c1. The smallest absolute Gasteiger partial charge is 0.242 e. The van der Waals surface area contributed by atoms with Gasteiger partial charge in [0.15, 0.2) is 0 Å². The molecule has 0 bridgehead atoms.